The Morgan fingerprint density at radius 3 is 2.63 bits per heavy atom. The fourth-order valence-electron chi connectivity index (χ4n) is 2.41. The number of fused-ring (bicyclic) bond motifs is 1. The van der Waals surface area contributed by atoms with Gasteiger partial charge in [-0.05, 0) is 32.4 Å². The Kier molecular flexibility index (Phi) is 4.38. The molecule has 1 N–H and O–H groups in total. The first-order chi connectivity index (χ1) is 9.21. The predicted octanol–water partition coefficient (Wildman–Crippen LogP) is 3.35. The molecule has 2 aromatic rings. The minimum Gasteiger partial charge on any atom is -0.392 e. The van der Waals surface area contributed by atoms with E-state index in [-0.39, 0.29) is 6.61 Å². The molecule has 1 heterocycles. The van der Waals surface area contributed by atoms with E-state index in [0.29, 0.717) is 6.04 Å². The van der Waals surface area contributed by atoms with Crippen molar-refractivity contribution in [1.29, 1.82) is 0 Å². The van der Waals surface area contributed by atoms with Crippen molar-refractivity contribution in [3.05, 3.63) is 35.9 Å². The minimum absolute atomic E-state index is 0.0279. The zero-order chi connectivity index (χ0) is 13.8. The van der Waals surface area contributed by atoms with Gasteiger partial charge in [0.15, 0.2) is 0 Å². The number of nitrogens with zero attached hydrogens (tertiary/aromatic N) is 2. The highest BCUT2D eigenvalue weighted by Gasteiger charge is 2.16. The Labute approximate surface area is 114 Å². The first-order valence-corrected chi connectivity index (χ1v) is 6.97. The van der Waals surface area contributed by atoms with Crippen LogP contribution in [0.25, 0.3) is 10.9 Å². The molecule has 19 heavy (non-hydrogen) atoms. The van der Waals surface area contributed by atoms with E-state index < -0.39 is 0 Å². The van der Waals surface area contributed by atoms with Crippen molar-refractivity contribution in [2.75, 3.05) is 11.4 Å². The number of aliphatic hydroxyl groups excluding tert-OH is 1. The van der Waals surface area contributed by atoms with E-state index >= 15 is 0 Å². The fourth-order valence-corrected chi connectivity index (χ4v) is 2.41. The van der Waals surface area contributed by atoms with Crippen LogP contribution in [0, 0.1) is 0 Å². The molecule has 0 saturated carbocycles. The fraction of sp³-hybridized carbons (Fsp3) is 0.438. The summed E-state index contributed by atoms with van der Waals surface area (Å²) >= 11 is 0. The summed E-state index contributed by atoms with van der Waals surface area (Å²) in [6, 6.07) is 10.5. The van der Waals surface area contributed by atoms with Gasteiger partial charge in [-0.2, -0.15) is 0 Å². The normalized spacial score (nSPS) is 12.6. The summed E-state index contributed by atoms with van der Waals surface area (Å²) in [5.74, 6) is 0.915. The Balaban J connectivity index is 2.56. The van der Waals surface area contributed by atoms with Gasteiger partial charge in [0.05, 0.1) is 12.1 Å². The summed E-state index contributed by atoms with van der Waals surface area (Å²) in [5, 5.41) is 10.7. The van der Waals surface area contributed by atoms with Crippen molar-refractivity contribution in [1.82, 2.24) is 4.98 Å². The molecule has 0 bridgehead atoms. The summed E-state index contributed by atoms with van der Waals surface area (Å²) < 4.78 is 0. The van der Waals surface area contributed by atoms with Gasteiger partial charge in [-0.15, -0.1) is 0 Å². The highest BCUT2D eigenvalue weighted by Crippen LogP contribution is 2.25. The molecule has 0 amide bonds. The maximum Gasteiger partial charge on any atom is 0.135 e. The molecular formula is C16H22N2O. The van der Waals surface area contributed by atoms with Crippen LogP contribution in [-0.4, -0.2) is 22.7 Å². The van der Waals surface area contributed by atoms with Gasteiger partial charge in [-0.3, -0.25) is 0 Å². The number of aliphatic hydroxyl groups is 1. The van der Waals surface area contributed by atoms with Crippen LogP contribution >= 0.6 is 0 Å². The first-order valence-electron chi connectivity index (χ1n) is 6.97. The van der Waals surface area contributed by atoms with Crippen LogP contribution in [0.15, 0.2) is 30.3 Å². The van der Waals surface area contributed by atoms with E-state index in [1.165, 1.54) is 0 Å². The maximum atomic E-state index is 9.61. The molecule has 1 aromatic carbocycles. The molecule has 0 aliphatic rings. The number of hydrogen-bond donors (Lipinski definition) is 1. The van der Waals surface area contributed by atoms with Crippen LogP contribution in [-0.2, 0) is 6.61 Å². The van der Waals surface area contributed by atoms with E-state index in [1.807, 2.05) is 30.3 Å². The molecular weight excluding hydrogens is 236 g/mol. The first kappa shape index (κ1) is 13.8. The molecule has 0 aliphatic heterocycles. The molecule has 102 valence electrons. The third-order valence-corrected chi connectivity index (χ3v) is 3.69. The van der Waals surface area contributed by atoms with Crippen molar-refractivity contribution in [3.63, 3.8) is 0 Å². The summed E-state index contributed by atoms with van der Waals surface area (Å²) in [7, 11) is 0. The standard InChI is InChI=1S/C16H22N2O/c1-4-12(3)18(5-2)16-14(11-19)10-13-8-6-7-9-15(13)17-16/h6-10,12,19H,4-5,11H2,1-3H3. The average Bonchev–Trinajstić information content (AvgIpc) is 2.46. The van der Waals surface area contributed by atoms with E-state index in [1.54, 1.807) is 0 Å². The van der Waals surface area contributed by atoms with Gasteiger partial charge in [-0.25, -0.2) is 4.98 Å². The largest absolute Gasteiger partial charge is 0.392 e. The van der Waals surface area contributed by atoms with E-state index in [0.717, 1.165) is 35.2 Å². The Hall–Kier alpha value is -1.61. The van der Waals surface area contributed by atoms with Gasteiger partial charge in [0.2, 0.25) is 0 Å². The molecule has 0 spiro atoms. The smallest absolute Gasteiger partial charge is 0.135 e. The Morgan fingerprint density at radius 2 is 2.00 bits per heavy atom. The molecule has 0 aliphatic carbocycles. The van der Waals surface area contributed by atoms with E-state index in [4.69, 9.17) is 4.98 Å². The van der Waals surface area contributed by atoms with Gasteiger partial charge in [-0.1, -0.05) is 25.1 Å². The number of para-hydroxylation sites is 1. The van der Waals surface area contributed by atoms with E-state index in [9.17, 15) is 5.11 Å². The summed E-state index contributed by atoms with van der Waals surface area (Å²) in [6.07, 6.45) is 1.06. The van der Waals surface area contributed by atoms with Crippen LogP contribution in [0.4, 0.5) is 5.82 Å². The molecule has 1 unspecified atom stereocenters. The topological polar surface area (TPSA) is 36.4 Å². The highest BCUT2D eigenvalue weighted by molar-refractivity contribution is 5.81. The number of rotatable bonds is 5. The third kappa shape index (κ3) is 2.71. The monoisotopic (exact) mass is 258 g/mol. The second-order valence-electron chi connectivity index (χ2n) is 4.87. The van der Waals surface area contributed by atoms with Crippen LogP contribution in [0.2, 0.25) is 0 Å². The lowest BCUT2D eigenvalue weighted by molar-refractivity contribution is 0.281. The van der Waals surface area contributed by atoms with Crippen LogP contribution in [0.3, 0.4) is 0 Å². The van der Waals surface area contributed by atoms with Crippen LogP contribution < -0.4 is 4.90 Å². The van der Waals surface area contributed by atoms with Crippen molar-refractivity contribution >= 4 is 16.7 Å². The molecule has 3 nitrogen and oxygen atoms in total. The summed E-state index contributed by atoms with van der Waals surface area (Å²) in [6.45, 7) is 7.42. The number of benzene rings is 1. The van der Waals surface area contributed by atoms with Crippen molar-refractivity contribution in [2.24, 2.45) is 0 Å². The van der Waals surface area contributed by atoms with Gasteiger partial charge in [0.1, 0.15) is 5.82 Å². The lowest BCUT2D eigenvalue weighted by Gasteiger charge is -2.30. The SMILES string of the molecule is CCC(C)N(CC)c1nc2ccccc2cc1CO. The molecule has 2 rings (SSSR count). The molecule has 3 heteroatoms. The highest BCUT2D eigenvalue weighted by atomic mass is 16.3. The number of aromatic nitrogens is 1. The van der Waals surface area contributed by atoms with Gasteiger partial charge in [0.25, 0.3) is 0 Å². The molecule has 1 aromatic heterocycles. The second-order valence-corrected chi connectivity index (χ2v) is 4.87. The van der Waals surface area contributed by atoms with E-state index in [2.05, 4.69) is 25.7 Å². The predicted molar refractivity (Wildman–Crippen MR) is 80.4 cm³/mol. The number of hydrogen-bond acceptors (Lipinski definition) is 3. The molecule has 1 atom stereocenters. The molecule has 0 radical (unpaired) electrons. The van der Waals surface area contributed by atoms with Crippen LogP contribution in [0.5, 0.6) is 0 Å². The number of anilines is 1. The second kappa shape index (κ2) is 6.02. The molecule has 0 fully saturated rings. The van der Waals surface area contributed by atoms with Crippen molar-refractivity contribution < 1.29 is 5.11 Å². The van der Waals surface area contributed by atoms with Gasteiger partial charge in [0, 0.05) is 23.5 Å². The zero-order valence-electron chi connectivity index (χ0n) is 11.9. The van der Waals surface area contributed by atoms with Gasteiger partial charge < -0.3 is 10.0 Å². The lowest BCUT2D eigenvalue weighted by atomic mass is 10.1. The molecule has 0 saturated heterocycles. The summed E-state index contributed by atoms with van der Waals surface area (Å²) in [4.78, 5) is 7.01. The quantitative estimate of drug-likeness (QED) is 0.893. The number of pyridine rings is 1. The maximum absolute atomic E-state index is 9.61. The Bertz CT molecular complexity index is 553. The Morgan fingerprint density at radius 1 is 1.26 bits per heavy atom. The third-order valence-electron chi connectivity index (χ3n) is 3.69. The van der Waals surface area contributed by atoms with Crippen molar-refractivity contribution in [3.8, 4) is 0 Å². The lowest BCUT2D eigenvalue weighted by Crippen LogP contribution is -2.33. The average molecular weight is 258 g/mol. The summed E-state index contributed by atoms with van der Waals surface area (Å²) in [5.41, 5.74) is 1.89. The van der Waals surface area contributed by atoms with Crippen LogP contribution in [0.1, 0.15) is 32.8 Å². The van der Waals surface area contributed by atoms with Gasteiger partial charge >= 0.3 is 0 Å². The minimum atomic E-state index is 0.0279. The zero-order valence-corrected chi connectivity index (χ0v) is 11.9. The van der Waals surface area contributed by atoms with Crippen molar-refractivity contribution in [2.45, 2.75) is 39.8 Å².